The molecule has 1 heterocycles. The van der Waals surface area contributed by atoms with Crippen molar-refractivity contribution in [2.75, 3.05) is 23.5 Å². The lowest BCUT2D eigenvalue weighted by molar-refractivity contribution is 0.101. The Morgan fingerprint density at radius 2 is 2.11 bits per heavy atom. The maximum atomic E-state index is 11.5. The molecular formula is C13H16BrNO3S. The van der Waals surface area contributed by atoms with E-state index in [1.807, 2.05) is 24.1 Å². The molecule has 2 rings (SSSR count). The average molecular weight is 346 g/mol. The molecule has 1 unspecified atom stereocenters. The molecule has 4 nitrogen and oxygen atoms in total. The van der Waals surface area contributed by atoms with Gasteiger partial charge in [-0.25, -0.2) is 8.42 Å². The molecule has 1 fully saturated rings. The van der Waals surface area contributed by atoms with E-state index in [1.165, 1.54) is 6.92 Å². The summed E-state index contributed by atoms with van der Waals surface area (Å²) in [6.45, 7) is 1.52. The number of Topliss-reactive ketones (excluding diaryl/α,β-unsaturated/α-hetero) is 1. The minimum atomic E-state index is -2.89. The molecule has 19 heavy (non-hydrogen) atoms. The van der Waals surface area contributed by atoms with Gasteiger partial charge in [-0.15, -0.1) is 0 Å². The Labute approximate surface area is 121 Å². The monoisotopic (exact) mass is 345 g/mol. The maximum Gasteiger partial charge on any atom is 0.160 e. The molecule has 0 N–H and O–H groups in total. The van der Waals surface area contributed by atoms with E-state index in [0.29, 0.717) is 12.0 Å². The molecule has 0 spiro atoms. The van der Waals surface area contributed by atoms with E-state index in [1.54, 1.807) is 6.07 Å². The van der Waals surface area contributed by atoms with Crippen LogP contribution < -0.4 is 4.90 Å². The second-order valence-corrected chi connectivity index (χ2v) is 7.97. The number of nitrogens with zero attached hydrogens (tertiary/aromatic N) is 1. The van der Waals surface area contributed by atoms with E-state index in [2.05, 4.69) is 15.9 Å². The lowest BCUT2D eigenvalue weighted by Gasteiger charge is -2.26. The normalized spacial score (nSPS) is 21.3. The number of halogens is 1. The minimum absolute atomic E-state index is 0.00419. The van der Waals surface area contributed by atoms with Gasteiger partial charge in [0, 0.05) is 28.8 Å². The van der Waals surface area contributed by atoms with Crippen molar-refractivity contribution in [3.63, 3.8) is 0 Å². The predicted molar refractivity (Wildman–Crippen MR) is 79.6 cm³/mol. The van der Waals surface area contributed by atoms with Gasteiger partial charge in [0.2, 0.25) is 0 Å². The standard InChI is InChI=1S/C13H16BrNO3S/c1-9(16)12-4-3-10(7-13(12)14)15(2)11-5-6-19(17,18)8-11/h3-4,7,11H,5-6,8H2,1-2H3. The summed E-state index contributed by atoms with van der Waals surface area (Å²) in [5.74, 6) is 0.467. The largest absolute Gasteiger partial charge is 0.371 e. The van der Waals surface area contributed by atoms with Gasteiger partial charge in [0.15, 0.2) is 15.6 Å². The Balaban J connectivity index is 2.23. The van der Waals surface area contributed by atoms with E-state index in [4.69, 9.17) is 0 Å². The molecule has 1 saturated heterocycles. The third kappa shape index (κ3) is 3.17. The summed E-state index contributed by atoms with van der Waals surface area (Å²) in [5.41, 5.74) is 1.55. The number of carbonyl (C=O) groups excluding carboxylic acids is 1. The zero-order valence-corrected chi connectivity index (χ0v) is 13.3. The summed E-state index contributed by atoms with van der Waals surface area (Å²) in [6, 6.07) is 5.50. The van der Waals surface area contributed by atoms with Gasteiger partial charge in [0.05, 0.1) is 11.5 Å². The van der Waals surface area contributed by atoms with Crippen LogP contribution in [-0.4, -0.2) is 38.8 Å². The Morgan fingerprint density at radius 1 is 1.42 bits per heavy atom. The number of hydrogen-bond acceptors (Lipinski definition) is 4. The van der Waals surface area contributed by atoms with E-state index in [0.717, 1.165) is 10.2 Å². The van der Waals surface area contributed by atoms with E-state index >= 15 is 0 Å². The van der Waals surface area contributed by atoms with Gasteiger partial charge >= 0.3 is 0 Å². The van der Waals surface area contributed by atoms with E-state index < -0.39 is 9.84 Å². The Bertz CT molecular complexity index is 612. The molecule has 0 aromatic heterocycles. The van der Waals surface area contributed by atoms with Crippen LogP contribution in [0.15, 0.2) is 22.7 Å². The van der Waals surface area contributed by atoms with Crippen LogP contribution in [0.25, 0.3) is 0 Å². The zero-order valence-electron chi connectivity index (χ0n) is 10.9. The van der Waals surface area contributed by atoms with Gasteiger partial charge < -0.3 is 4.90 Å². The van der Waals surface area contributed by atoms with Crippen molar-refractivity contribution < 1.29 is 13.2 Å². The smallest absolute Gasteiger partial charge is 0.160 e. The summed E-state index contributed by atoms with van der Waals surface area (Å²) in [5, 5.41) is 0. The number of sulfone groups is 1. The second kappa shape index (κ2) is 5.25. The molecule has 1 aromatic rings. The molecule has 0 radical (unpaired) electrons. The van der Waals surface area contributed by atoms with Crippen LogP contribution in [0, 0.1) is 0 Å². The van der Waals surface area contributed by atoms with Crippen molar-refractivity contribution in [3.05, 3.63) is 28.2 Å². The van der Waals surface area contributed by atoms with Gasteiger partial charge in [-0.2, -0.15) is 0 Å². The SMILES string of the molecule is CC(=O)c1ccc(N(C)C2CCS(=O)(=O)C2)cc1Br. The number of carbonyl (C=O) groups is 1. The Hall–Kier alpha value is -0.880. The maximum absolute atomic E-state index is 11.5. The molecule has 0 saturated carbocycles. The summed E-state index contributed by atoms with van der Waals surface area (Å²) >= 11 is 3.38. The molecule has 0 bridgehead atoms. The molecule has 0 amide bonds. The number of anilines is 1. The molecule has 0 aliphatic carbocycles. The highest BCUT2D eigenvalue weighted by molar-refractivity contribution is 9.10. The van der Waals surface area contributed by atoms with Crippen molar-refractivity contribution in [2.24, 2.45) is 0 Å². The van der Waals surface area contributed by atoms with Crippen molar-refractivity contribution >= 4 is 37.2 Å². The lowest BCUT2D eigenvalue weighted by Crippen LogP contribution is -2.32. The molecular weight excluding hydrogens is 330 g/mol. The molecule has 1 aromatic carbocycles. The van der Waals surface area contributed by atoms with Crippen LogP contribution in [-0.2, 0) is 9.84 Å². The first kappa shape index (κ1) is 14.5. The van der Waals surface area contributed by atoms with E-state index in [-0.39, 0.29) is 23.3 Å². The average Bonchev–Trinajstić information content (AvgIpc) is 2.68. The fourth-order valence-corrected chi connectivity index (χ4v) is 4.72. The summed E-state index contributed by atoms with van der Waals surface area (Å²) in [7, 11) is -0.998. The molecule has 6 heteroatoms. The van der Waals surface area contributed by atoms with Crippen LogP contribution >= 0.6 is 15.9 Å². The van der Waals surface area contributed by atoms with Crippen molar-refractivity contribution in [1.29, 1.82) is 0 Å². The first-order valence-electron chi connectivity index (χ1n) is 6.04. The van der Waals surface area contributed by atoms with Gasteiger partial charge in [0.1, 0.15) is 0 Å². The summed E-state index contributed by atoms with van der Waals surface area (Å²) < 4.78 is 23.8. The third-order valence-corrected chi connectivity index (χ3v) is 5.90. The fraction of sp³-hybridized carbons (Fsp3) is 0.462. The summed E-state index contributed by atoms with van der Waals surface area (Å²) in [6.07, 6.45) is 0.658. The third-order valence-electron chi connectivity index (χ3n) is 3.50. The first-order chi connectivity index (χ1) is 8.80. The van der Waals surface area contributed by atoms with Crippen LogP contribution in [0.3, 0.4) is 0 Å². The van der Waals surface area contributed by atoms with Gasteiger partial charge in [-0.05, 0) is 47.5 Å². The van der Waals surface area contributed by atoms with Crippen LogP contribution in [0.1, 0.15) is 23.7 Å². The highest BCUT2D eigenvalue weighted by atomic mass is 79.9. The highest BCUT2D eigenvalue weighted by Gasteiger charge is 2.30. The quantitative estimate of drug-likeness (QED) is 0.788. The number of hydrogen-bond donors (Lipinski definition) is 0. The zero-order chi connectivity index (χ0) is 14.2. The van der Waals surface area contributed by atoms with Crippen molar-refractivity contribution in [1.82, 2.24) is 0 Å². The van der Waals surface area contributed by atoms with Crippen LogP contribution in [0.5, 0.6) is 0 Å². The van der Waals surface area contributed by atoms with Crippen molar-refractivity contribution in [2.45, 2.75) is 19.4 Å². The van der Waals surface area contributed by atoms with E-state index in [9.17, 15) is 13.2 Å². The molecule has 1 atom stereocenters. The van der Waals surface area contributed by atoms with Gasteiger partial charge in [0.25, 0.3) is 0 Å². The summed E-state index contributed by atoms with van der Waals surface area (Å²) in [4.78, 5) is 13.3. The number of benzene rings is 1. The number of rotatable bonds is 3. The molecule has 104 valence electrons. The second-order valence-electron chi connectivity index (χ2n) is 4.89. The highest BCUT2D eigenvalue weighted by Crippen LogP contribution is 2.27. The lowest BCUT2D eigenvalue weighted by atomic mass is 10.1. The molecule has 1 aliphatic rings. The van der Waals surface area contributed by atoms with Crippen LogP contribution in [0.4, 0.5) is 5.69 Å². The topological polar surface area (TPSA) is 54.5 Å². The van der Waals surface area contributed by atoms with Crippen LogP contribution in [0.2, 0.25) is 0 Å². The Kier molecular flexibility index (Phi) is 4.01. The number of ketones is 1. The minimum Gasteiger partial charge on any atom is -0.371 e. The fourth-order valence-electron chi connectivity index (χ4n) is 2.30. The van der Waals surface area contributed by atoms with Gasteiger partial charge in [-0.3, -0.25) is 4.79 Å². The Morgan fingerprint density at radius 3 is 2.58 bits per heavy atom. The first-order valence-corrected chi connectivity index (χ1v) is 8.65. The van der Waals surface area contributed by atoms with Crippen molar-refractivity contribution in [3.8, 4) is 0 Å². The molecule has 1 aliphatic heterocycles. The van der Waals surface area contributed by atoms with Gasteiger partial charge in [-0.1, -0.05) is 0 Å². The predicted octanol–water partition coefficient (Wildman–Crippen LogP) is 2.28.